The summed E-state index contributed by atoms with van der Waals surface area (Å²) in [6.45, 7) is 2.07. The number of halogens is 1. The van der Waals surface area contributed by atoms with Crippen LogP contribution in [0.3, 0.4) is 0 Å². The zero-order valence-electron chi connectivity index (χ0n) is 16.0. The summed E-state index contributed by atoms with van der Waals surface area (Å²) >= 11 is 3.40. The van der Waals surface area contributed by atoms with Crippen molar-refractivity contribution >= 4 is 39.1 Å². The van der Waals surface area contributed by atoms with Gasteiger partial charge in [-0.15, -0.1) is 0 Å². The van der Waals surface area contributed by atoms with Gasteiger partial charge in [0.2, 0.25) is 5.91 Å². The molecule has 2 amide bonds. The molecule has 3 aromatic rings. The first-order valence-corrected chi connectivity index (χ1v) is 10.1. The Labute approximate surface area is 178 Å². The van der Waals surface area contributed by atoms with E-state index in [1.807, 2.05) is 61.5 Å². The van der Waals surface area contributed by atoms with Crippen LogP contribution in [0.1, 0.15) is 28.9 Å². The number of para-hydroxylation sites is 1. The minimum Gasteiger partial charge on any atom is -0.376 e. The van der Waals surface area contributed by atoms with Crippen molar-refractivity contribution in [2.24, 2.45) is 0 Å². The lowest BCUT2D eigenvalue weighted by Crippen LogP contribution is -2.26. The van der Waals surface area contributed by atoms with Crippen LogP contribution in [0.2, 0.25) is 0 Å². The molecule has 148 valence electrons. The highest BCUT2D eigenvalue weighted by Crippen LogP contribution is 2.21. The molecule has 0 aliphatic carbocycles. The Kier molecular flexibility index (Phi) is 7.03. The molecule has 3 aromatic carbocycles. The Morgan fingerprint density at radius 1 is 0.897 bits per heavy atom. The fraction of sp³-hybridized carbons (Fsp3) is 0.130. The maximum atomic E-state index is 12.4. The quantitative estimate of drug-likeness (QED) is 0.473. The van der Waals surface area contributed by atoms with Gasteiger partial charge in [0.25, 0.3) is 5.91 Å². The highest BCUT2D eigenvalue weighted by Gasteiger charge is 2.11. The highest BCUT2D eigenvalue weighted by molar-refractivity contribution is 9.10. The molecule has 5 nitrogen and oxygen atoms in total. The van der Waals surface area contributed by atoms with Crippen molar-refractivity contribution in [3.8, 4) is 0 Å². The van der Waals surface area contributed by atoms with Gasteiger partial charge in [0, 0.05) is 15.7 Å². The Hall–Kier alpha value is -3.12. The zero-order valence-corrected chi connectivity index (χ0v) is 17.6. The molecule has 0 aliphatic heterocycles. The third kappa shape index (κ3) is 5.93. The summed E-state index contributed by atoms with van der Waals surface area (Å²) in [5.74, 6) is -0.296. The molecule has 0 aromatic heterocycles. The Morgan fingerprint density at radius 3 is 2.24 bits per heavy atom. The summed E-state index contributed by atoms with van der Waals surface area (Å²) in [7, 11) is 0. The topological polar surface area (TPSA) is 70.2 Å². The average Bonchev–Trinajstić information content (AvgIpc) is 2.75. The summed E-state index contributed by atoms with van der Waals surface area (Å²) in [6.07, 6.45) is 0. The predicted octanol–water partition coefficient (Wildman–Crippen LogP) is 4.99. The lowest BCUT2D eigenvalue weighted by atomic mass is 10.1. The van der Waals surface area contributed by atoms with Gasteiger partial charge in [0.1, 0.15) is 0 Å². The highest BCUT2D eigenvalue weighted by atomic mass is 79.9. The Bertz CT molecular complexity index is 975. The third-order valence-electron chi connectivity index (χ3n) is 4.40. The number of amides is 2. The van der Waals surface area contributed by atoms with Gasteiger partial charge in [0.15, 0.2) is 0 Å². The van der Waals surface area contributed by atoms with E-state index in [1.165, 1.54) is 0 Å². The lowest BCUT2D eigenvalue weighted by Gasteiger charge is -2.14. The second kappa shape index (κ2) is 9.89. The summed E-state index contributed by atoms with van der Waals surface area (Å²) in [6, 6.07) is 24.2. The van der Waals surface area contributed by atoms with E-state index < -0.39 is 0 Å². The number of carbonyl (C=O) groups is 2. The lowest BCUT2D eigenvalue weighted by molar-refractivity contribution is -0.114. The Morgan fingerprint density at radius 2 is 1.55 bits per heavy atom. The molecule has 0 fully saturated rings. The van der Waals surface area contributed by atoms with Crippen molar-refractivity contribution in [3.05, 3.63) is 94.5 Å². The van der Waals surface area contributed by atoms with Crippen LogP contribution in [0.4, 0.5) is 11.4 Å². The van der Waals surface area contributed by atoms with E-state index in [4.69, 9.17) is 0 Å². The van der Waals surface area contributed by atoms with Crippen LogP contribution in [-0.4, -0.2) is 18.4 Å². The number of hydrogen-bond donors (Lipinski definition) is 3. The van der Waals surface area contributed by atoms with Crippen molar-refractivity contribution in [1.29, 1.82) is 0 Å². The largest absolute Gasteiger partial charge is 0.376 e. The molecule has 0 saturated heterocycles. The summed E-state index contributed by atoms with van der Waals surface area (Å²) in [4.78, 5) is 24.6. The monoisotopic (exact) mass is 451 g/mol. The second-order valence-electron chi connectivity index (χ2n) is 6.56. The van der Waals surface area contributed by atoms with Crippen LogP contribution < -0.4 is 16.0 Å². The zero-order chi connectivity index (χ0) is 20.6. The molecule has 1 unspecified atom stereocenters. The fourth-order valence-corrected chi connectivity index (χ4v) is 3.17. The number of carbonyl (C=O) groups excluding carboxylic acids is 2. The number of benzene rings is 3. The number of nitrogens with one attached hydrogen (secondary N) is 3. The maximum Gasteiger partial charge on any atom is 0.251 e. The van der Waals surface area contributed by atoms with Gasteiger partial charge in [-0.05, 0) is 64.8 Å². The molecule has 29 heavy (non-hydrogen) atoms. The minimum absolute atomic E-state index is 0.0810. The molecule has 0 aliphatic rings. The van der Waals surface area contributed by atoms with Crippen LogP contribution in [0.25, 0.3) is 0 Å². The van der Waals surface area contributed by atoms with Gasteiger partial charge in [-0.25, -0.2) is 0 Å². The average molecular weight is 452 g/mol. The first kappa shape index (κ1) is 20.6. The molecule has 0 radical (unpaired) electrons. The van der Waals surface area contributed by atoms with Crippen LogP contribution in [-0.2, 0) is 4.79 Å². The van der Waals surface area contributed by atoms with Crippen LogP contribution in [0, 0.1) is 0 Å². The third-order valence-corrected chi connectivity index (χ3v) is 5.09. The van der Waals surface area contributed by atoms with E-state index in [9.17, 15) is 9.59 Å². The van der Waals surface area contributed by atoms with Gasteiger partial charge in [-0.1, -0.05) is 42.5 Å². The van der Waals surface area contributed by atoms with E-state index in [2.05, 4.69) is 31.9 Å². The van der Waals surface area contributed by atoms with Crippen molar-refractivity contribution in [3.63, 3.8) is 0 Å². The fourth-order valence-electron chi connectivity index (χ4n) is 2.78. The molecule has 3 rings (SSSR count). The normalized spacial score (nSPS) is 11.4. The number of rotatable bonds is 7. The molecule has 0 saturated carbocycles. The van der Waals surface area contributed by atoms with Gasteiger partial charge >= 0.3 is 0 Å². The van der Waals surface area contributed by atoms with Gasteiger partial charge in [-0.2, -0.15) is 0 Å². The molecule has 0 heterocycles. The molecular formula is C23H22BrN3O2. The van der Waals surface area contributed by atoms with Crippen molar-refractivity contribution in [2.75, 3.05) is 17.2 Å². The van der Waals surface area contributed by atoms with E-state index in [0.717, 1.165) is 21.4 Å². The van der Waals surface area contributed by atoms with Crippen molar-refractivity contribution in [1.82, 2.24) is 5.32 Å². The van der Waals surface area contributed by atoms with E-state index in [-0.39, 0.29) is 24.4 Å². The van der Waals surface area contributed by atoms with E-state index in [1.54, 1.807) is 24.3 Å². The Balaban J connectivity index is 1.51. The molecule has 0 spiro atoms. The standard InChI is InChI=1S/C23H22BrN3O2/c1-16(17-7-3-2-4-8-17)26-23(29)18-11-13-19(14-12-18)25-15-22(28)27-21-10-6-5-9-20(21)24/h2-14,16,25H,15H2,1H3,(H,26,29)(H,27,28). The molecule has 1 atom stereocenters. The van der Waals surface area contributed by atoms with Crippen LogP contribution in [0.5, 0.6) is 0 Å². The first-order chi connectivity index (χ1) is 14.0. The molecular weight excluding hydrogens is 430 g/mol. The summed E-state index contributed by atoms with van der Waals surface area (Å²) < 4.78 is 0.827. The number of anilines is 2. The van der Waals surface area contributed by atoms with Crippen LogP contribution >= 0.6 is 15.9 Å². The summed E-state index contributed by atoms with van der Waals surface area (Å²) in [5.41, 5.74) is 3.10. The maximum absolute atomic E-state index is 12.4. The van der Waals surface area contributed by atoms with Crippen LogP contribution in [0.15, 0.2) is 83.3 Å². The second-order valence-corrected chi connectivity index (χ2v) is 7.42. The predicted molar refractivity (Wildman–Crippen MR) is 120 cm³/mol. The van der Waals surface area contributed by atoms with Crippen molar-refractivity contribution < 1.29 is 9.59 Å². The SMILES string of the molecule is CC(NC(=O)c1ccc(NCC(=O)Nc2ccccc2Br)cc1)c1ccccc1. The number of hydrogen-bond acceptors (Lipinski definition) is 3. The smallest absolute Gasteiger partial charge is 0.251 e. The van der Waals surface area contributed by atoms with Crippen molar-refractivity contribution in [2.45, 2.75) is 13.0 Å². The molecule has 0 bridgehead atoms. The van der Waals surface area contributed by atoms with Gasteiger partial charge in [0.05, 0.1) is 18.3 Å². The minimum atomic E-state index is -0.157. The summed E-state index contributed by atoms with van der Waals surface area (Å²) in [5, 5.41) is 8.88. The van der Waals surface area contributed by atoms with E-state index in [0.29, 0.717) is 5.56 Å². The first-order valence-electron chi connectivity index (χ1n) is 9.27. The molecule has 6 heteroatoms. The van der Waals surface area contributed by atoms with Gasteiger partial charge < -0.3 is 16.0 Å². The van der Waals surface area contributed by atoms with E-state index >= 15 is 0 Å². The van der Waals surface area contributed by atoms with Gasteiger partial charge in [-0.3, -0.25) is 9.59 Å². The molecule has 3 N–H and O–H groups in total.